The molecule has 4 atom stereocenters. The lowest BCUT2D eigenvalue weighted by Crippen LogP contribution is -2.60. The number of benzene rings is 1. The molecule has 0 spiro atoms. The van der Waals surface area contributed by atoms with E-state index in [1.807, 2.05) is 51.1 Å². The Bertz CT molecular complexity index is 791. The van der Waals surface area contributed by atoms with Crippen molar-refractivity contribution < 1.29 is 22.1 Å². The third-order valence-corrected chi connectivity index (χ3v) is 5.84. The van der Waals surface area contributed by atoms with Crippen molar-refractivity contribution in [3.05, 3.63) is 35.9 Å². The van der Waals surface area contributed by atoms with Crippen molar-refractivity contribution in [2.24, 2.45) is 5.92 Å². The number of likely N-dealkylation sites (tertiary alicyclic amines) is 1. The van der Waals surface area contributed by atoms with Gasteiger partial charge in [0, 0.05) is 25.0 Å². The van der Waals surface area contributed by atoms with Gasteiger partial charge in [0.1, 0.15) is 5.60 Å². The van der Waals surface area contributed by atoms with Gasteiger partial charge in [-0.05, 0) is 39.2 Å². The second-order valence-electron chi connectivity index (χ2n) is 8.73. The zero-order valence-electron chi connectivity index (χ0n) is 16.9. The van der Waals surface area contributed by atoms with Gasteiger partial charge < -0.3 is 10.1 Å². The number of rotatable bonds is 5. The monoisotopic (exact) mass is 410 g/mol. The van der Waals surface area contributed by atoms with Crippen LogP contribution in [0, 0.1) is 5.92 Å². The summed E-state index contributed by atoms with van der Waals surface area (Å²) in [5, 5.41) is 2.99. The van der Waals surface area contributed by atoms with E-state index in [0.29, 0.717) is 13.1 Å². The highest BCUT2D eigenvalue weighted by molar-refractivity contribution is 7.86. The van der Waals surface area contributed by atoms with Crippen LogP contribution in [0.1, 0.15) is 39.2 Å². The minimum atomic E-state index is -3.60. The number of carbonyl (C=O) groups excluding carboxylic acids is 1. The van der Waals surface area contributed by atoms with Crippen LogP contribution in [0.5, 0.6) is 0 Å². The average Bonchev–Trinajstić information content (AvgIpc) is 2.86. The van der Waals surface area contributed by atoms with Gasteiger partial charge in [-0.25, -0.2) is 4.79 Å². The predicted molar refractivity (Wildman–Crippen MR) is 106 cm³/mol. The molecule has 28 heavy (non-hydrogen) atoms. The van der Waals surface area contributed by atoms with Crippen LogP contribution in [-0.4, -0.2) is 56.0 Å². The molecule has 2 fully saturated rings. The third-order valence-electron chi connectivity index (χ3n) is 5.24. The van der Waals surface area contributed by atoms with Crippen molar-refractivity contribution >= 4 is 16.2 Å². The number of nitrogens with zero attached hydrogens (tertiary/aromatic N) is 1. The summed E-state index contributed by atoms with van der Waals surface area (Å²) in [6, 6.07) is 9.94. The number of piperidine rings is 1. The number of alkyl carbamates (subject to hydrolysis) is 1. The fraction of sp³-hybridized carbons (Fsp3) is 0.650. The summed E-state index contributed by atoms with van der Waals surface area (Å²) in [6.45, 7) is 6.65. The van der Waals surface area contributed by atoms with Crippen LogP contribution in [0.3, 0.4) is 0 Å². The second-order valence-corrected chi connectivity index (χ2v) is 10.3. The molecule has 1 aliphatic carbocycles. The van der Waals surface area contributed by atoms with E-state index in [0.717, 1.165) is 24.7 Å². The van der Waals surface area contributed by atoms with Gasteiger partial charge in [-0.15, -0.1) is 0 Å². The molecule has 1 saturated carbocycles. The Morgan fingerprint density at radius 3 is 2.50 bits per heavy atom. The van der Waals surface area contributed by atoms with Gasteiger partial charge in [0.15, 0.2) is 0 Å². The number of hydrogen-bond acceptors (Lipinski definition) is 6. The van der Waals surface area contributed by atoms with E-state index in [-0.39, 0.29) is 18.0 Å². The molecule has 7 nitrogen and oxygen atoms in total. The van der Waals surface area contributed by atoms with Gasteiger partial charge in [0.05, 0.1) is 18.4 Å². The summed E-state index contributed by atoms with van der Waals surface area (Å²) in [5.74, 6) is -0.0562. The van der Waals surface area contributed by atoms with Crippen LogP contribution < -0.4 is 5.32 Å². The van der Waals surface area contributed by atoms with Crippen molar-refractivity contribution in [2.45, 2.75) is 63.9 Å². The molecule has 0 unspecified atom stereocenters. The van der Waals surface area contributed by atoms with Crippen LogP contribution in [-0.2, 0) is 25.6 Å². The summed E-state index contributed by atoms with van der Waals surface area (Å²) in [6.07, 6.45) is 1.79. The number of carbonyl (C=O) groups is 1. The Morgan fingerprint density at radius 1 is 1.21 bits per heavy atom. The zero-order chi connectivity index (χ0) is 20.5. The highest BCUT2D eigenvalue weighted by Crippen LogP contribution is 2.39. The largest absolute Gasteiger partial charge is 0.444 e. The molecule has 0 radical (unpaired) electrons. The van der Waals surface area contributed by atoms with E-state index in [1.165, 1.54) is 0 Å². The van der Waals surface area contributed by atoms with Crippen molar-refractivity contribution in [1.29, 1.82) is 0 Å². The van der Waals surface area contributed by atoms with Crippen molar-refractivity contribution in [2.75, 3.05) is 12.8 Å². The lowest BCUT2D eigenvalue weighted by atomic mass is 9.90. The Balaban J connectivity index is 1.81. The Hall–Kier alpha value is -1.64. The molecule has 3 rings (SSSR count). The van der Waals surface area contributed by atoms with E-state index in [2.05, 4.69) is 10.2 Å². The fourth-order valence-electron chi connectivity index (χ4n) is 4.31. The van der Waals surface area contributed by atoms with Crippen molar-refractivity contribution in [3.8, 4) is 0 Å². The van der Waals surface area contributed by atoms with Crippen molar-refractivity contribution in [1.82, 2.24) is 10.2 Å². The molecule has 2 bridgehead atoms. The molecule has 1 aliphatic heterocycles. The van der Waals surface area contributed by atoms with Crippen LogP contribution in [0.2, 0.25) is 0 Å². The van der Waals surface area contributed by atoms with Gasteiger partial charge >= 0.3 is 6.09 Å². The molecule has 1 aromatic rings. The van der Waals surface area contributed by atoms with Gasteiger partial charge in [0.2, 0.25) is 0 Å². The molecule has 1 aromatic carbocycles. The standard InChI is InChI=1S/C20H30N2O5S/c1-20(2,3)26-19(23)21-18-15-10-11-16(18)22(12-14-8-6-5-7-9-14)13-17(15)27-28(4,24)25/h5-9,15-18H,10-13H2,1-4H3,(H,21,23)/t15-,16-,17-,18-/m1/s1. The Kier molecular flexibility index (Phi) is 6.03. The Labute approximate surface area is 167 Å². The smallest absolute Gasteiger partial charge is 0.407 e. The predicted octanol–water partition coefficient (Wildman–Crippen LogP) is 2.52. The summed E-state index contributed by atoms with van der Waals surface area (Å²) < 4.78 is 34.5. The van der Waals surface area contributed by atoms with E-state index in [9.17, 15) is 13.2 Å². The van der Waals surface area contributed by atoms with Crippen LogP contribution in [0.4, 0.5) is 4.79 Å². The van der Waals surface area contributed by atoms with E-state index >= 15 is 0 Å². The molecule has 1 heterocycles. The number of nitrogens with one attached hydrogen (secondary N) is 1. The molecule has 1 saturated heterocycles. The second kappa shape index (κ2) is 8.00. The van der Waals surface area contributed by atoms with Crippen LogP contribution in [0.15, 0.2) is 30.3 Å². The molecule has 1 amide bonds. The van der Waals surface area contributed by atoms with Gasteiger partial charge in [0.25, 0.3) is 10.1 Å². The van der Waals surface area contributed by atoms with Crippen molar-refractivity contribution in [3.63, 3.8) is 0 Å². The molecule has 1 N–H and O–H groups in total. The maximum atomic E-state index is 12.4. The minimum Gasteiger partial charge on any atom is -0.444 e. The average molecular weight is 411 g/mol. The number of amides is 1. The molecule has 156 valence electrons. The fourth-order valence-corrected chi connectivity index (χ4v) is 4.96. The van der Waals surface area contributed by atoms with Gasteiger partial charge in [-0.2, -0.15) is 8.42 Å². The first-order chi connectivity index (χ1) is 13.0. The SMILES string of the molecule is CC(C)(C)OC(=O)N[C@@H]1[C@@H]2CC[C@H]1N(Cc1ccccc1)C[C@H]2OS(C)(=O)=O. The summed E-state index contributed by atoms with van der Waals surface area (Å²) in [5.41, 5.74) is 0.548. The number of hydrogen-bond donors (Lipinski definition) is 1. The lowest BCUT2D eigenvalue weighted by Gasteiger charge is -2.43. The summed E-state index contributed by atoms with van der Waals surface area (Å²) in [4.78, 5) is 14.6. The first-order valence-electron chi connectivity index (χ1n) is 9.67. The van der Waals surface area contributed by atoms with Crippen LogP contribution in [0.25, 0.3) is 0 Å². The lowest BCUT2D eigenvalue weighted by molar-refractivity contribution is 0.00416. The number of ether oxygens (including phenoxy) is 1. The third kappa shape index (κ3) is 5.46. The van der Waals surface area contributed by atoms with Gasteiger partial charge in [-0.3, -0.25) is 9.08 Å². The molecular weight excluding hydrogens is 380 g/mol. The summed E-state index contributed by atoms with van der Waals surface area (Å²) >= 11 is 0. The first kappa shape index (κ1) is 21.1. The first-order valence-corrected chi connectivity index (χ1v) is 11.5. The van der Waals surface area contributed by atoms with Gasteiger partial charge in [-0.1, -0.05) is 30.3 Å². The Morgan fingerprint density at radius 2 is 1.89 bits per heavy atom. The maximum absolute atomic E-state index is 12.4. The molecular formula is C20H30N2O5S. The highest BCUT2D eigenvalue weighted by Gasteiger charge is 2.50. The quantitative estimate of drug-likeness (QED) is 0.751. The minimum absolute atomic E-state index is 0.0562. The topological polar surface area (TPSA) is 84.9 Å². The molecule has 0 aromatic heterocycles. The van der Waals surface area contributed by atoms with E-state index in [1.54, 1.807) is 0 Å². The summed E-state index contributed by atoms with van der Waals surface area (Å²) in [7, 11) is -3.60. The number of fused-ring (bicyclic) bond motifs is 2. The maximum Gasteiger partial charge on any atom is 0.407 e. The highest BCUT2D eigenvalue weighted by atomic mass is 32.2. The van der Waals surface area contributed by atoms with Crippen LogP contribution >= 0.6 is 0 Å². The normalized spacial score (nSPS) is 28.1. The molecule has 8 heteroatoms. The molecule has 2 aliphatic rings. The zero-order valence-corrected chi connectivity index (χ0v) is 17.7. The van der Waals surface area contributed by atoms with E-state index in [4.69, 9.17) is 8.92 Å². The van der Waals surface area contributed by atoms with E-state index < -0.39 is 27.9 Å².